The second-order valence-corrected chi connectivity index (χ2v) is 7.49. The molecule has 1 saturated carbocycles. The van der Waals surface area contributed by atoms with Crippen LogP contribution in [0.25, 0.3) is 21.8 Å². The Morgan fingerprint density at radius 1 is 1.00 bits per heavy atom. The van der Waals surface area contributed by atoms with Gasteiger partial charge >= 0.3 is 0 Å². The van der Waals surface area contributed by atoms with E-state index in [4.69, 9.17) is 17.2 Å². The number of carbonyl (C=O) groups is 1. The molecule has 2 aliphatic rings. The van der Waals surface area contributed by atoms with Crippen LogP contribution in [0.2, 0.25) is 0 Å². The van der Waals surface area contributed by atoms with Gasteiger partial charge in [-0.15, -0.1) is 0 Å². The highest BCUT2D eigenvalue weighted by Crippen LogP contribution is 2.33. The van der Waals surface area contributed by atoms with Gasteiger partial charge in [-0.05, 0) is 37.2 Å². The highest BCUT2D eigenvalue weighted by Gasteiger charge is 2.42. The molecule has 3 aromatic rings. The summed E-state index contributed by atoms with van der Waals surface area (Å²) in [7, 11) is 0. The maximum atomic E-state index is 13.7. The smallest absolute Gasteiger partial charge is 0.261 e. The molecule has 2 aromatic carbocycles. The Morgan fingerprint density at radius 3 is 2.31 bits per heavy atom. The summed E-state index contributed by atoms with van der Waals surface area (Å²) in [6, 6.07) is 16.2. The van der Waals surface area contributed by atoms with Crippen molar-refractivity contribution in [2.24, 2.45) is 0 Å². The lowest BCUT2D eigenvalue weighted by Gasteiger charge is -2.30. The van der Waals surface area contributed by atoms with Gasteiger partial charge in [0.2, 0.25) is 0 Å². The number of amides is 1. The lowest BCUT2D eigenvalue weighted by Crippen LogP contribution is -2.42. The molecule has 5 heteroatoms. The van der Waals surface area contributed by atoms with Gasteiger partial charge in [-0.25, -0.2) is 4.98 Å². The molecular formula is C21H19N3OS. The Balaban J connectivity index is 1.72. The highest BCUT2D eigenvalue weighted by molar-refractivity contribution is 7.80. The quantitative estimate of drug-likeness (QED) is 0.525. The fraction of sp³-hybridized carbons (Fsp3) is 0.286. The Bertz CT molecular complexity index is 994. The zero-order valence-electron chi connectivity index (χ0n) is 14.3. The molecule has 1 N–H and O–H groups in total. The zero-order valence-corrected chi connectivity index (χ0v) is 15.1. The number of pyridine rings is 1. The summed E-state index contributed by atoms with van der Waals surface area (Å²) >= 11 is 5.56. The monoisotopic (exact) mass is 361 g/mol. The first-order valence-electron chi connectivity index (χ1n) is 9.15. The fourth-order valence-electron chi connectivity index (χ4n) is 4.40. The first-order chi connectivity index (χ1) is 12.7. The van der Waals surface area contributed by atoms with Crippen molar-refractivity contribution in [3.05, 3.63) is 54.1 Å². The van der Waals surface area contributed by atoms with E-state index in [-0.39, 0.29) is 11.9 Å². The van der Waals surface area contributed by atoms with E-state index < -0.39 is 0 Å². The van der Waals surface area contributed by atoms with Crippen LogP contribution in [0.5, 0.6) is 0 Å². The SMILES string of the molecule is O=C(c1c2ccccc2nc2ccccc12)N1C(=S)N[C@H]2CCCC[C@@H]21. The second kappa shape index (κ2) is 6.02. The number of benzene rings is 2. The summed E-state index contributed by atoms with van der Waals surface area (Å²) in [5, 5.41) is 5.71. The molecule has 1 aliphatic carbocycles. The van der Waals surface area contributed by atoms with Gasteiger partial charge in [-0.2, -0.15) is 0 Å². The highest BCUT2D eigenvalue weighted by atomic mass is 32.1. The van der Waals surface area contributed by atoms with Crippen LogP contribution in [0.3, 0.4) is 0 Å². The van der Waals surface area contributed by atoms with E-state index in [0.29, 0.717) is 16.7 Å². The molecule has 0 bridgehead atoms. The third-order valence-electron chi connectivity index (χ3n) is 5.61. The minimum atomic E-state index is -0.00769. The van der Waals surface area contributed by atoms with Gasteiger partial charge < -0.3 is 5.32 Å². The van der Waals surface area contributed by atoms with Gasteiger partial charge in [0.25, 0.3) is 5.91 Å². The molecule has 4 nitrogen and oxygen atoms in total. The lowest BCUT2D eigenvalue weighted by molar-refractivity contribution is 0.0798. The van der Waals surface area contributed by atoms with Crippen molar-refractivity contribution in [3.63, 3.8) is 0 Å². The lowest BCUT2D eigenvalue weighted by atomic mass is 9.90. The third kappa shape index (κ3) is 2.31. The second-order valence-electron chi connectivity index (χ2n) is 7.10. The predicted octanol–water partition coefficient (Wildman–Crippen LogP) is 4.03. The standard InChI is InChI=1S/C21H19N3OS/c25-20(24-18-12-6-5-11-17(18)23-21(24)26)19-13-7-1-3-9-15(13)22-16-10-4-2-8-14(16)19/h1-4,7-10,17-18H,5-6,11-12H2,(H,23,26)/t17-,18-/m0/s1. The third-order valence-corrected chi connectivity index (χ3v) is 5.92. The molecule has 1 saturated heterocycles. The molecule has 0 spiro atoms. The molecule has 2 atom stereocenters. The summed E-state index contributed by atoms with van der Waals surface area (Å²) in [6.45, 7) is 0. The number of hydrogen-bond donors (Lipinski definition) is 1. The van der Waals surface area contributed by atoms with Crippen LogP contribution >= 0.6 is 12.2 Å². The van der Waals surface area contributed by atoms with Gasteiger partial charge in [0.05, 0.1) is 22.6 Å². The normalized spacial score (nSPS) is 22.5. The molecule has 5 rings (SSSR count). The Labute approximate surface area is 157 Å². The Kier molecular flexibility index (Phi) is 3.64. The number of nitrogens with one attached hydrogen (secondary N) is 1. The van der Waals surface area contributed by atoms with E-state index in [2.05, 4.69) is 5.32 Å². The largest absolute Gasteiger partial charge is 0.357 e. The van der Waals surface area contributed by atoms with Crippen LogP contribution in [0.1, 0.15) is 36.0 Å². The molecule has 26 heavy (non-hydrogen) atoms. The van der Waals surface area contributed by atoms with E-state index in [0.717, 1.165) is 41.1 Å². The van der Waals surface area contributed by atoms with Crippen LogP contribution in [0.15, 0.2) is 48.5 Å². The number of hydrogen-bond acceptors (Lipinski definition) is 3. The number of aromatic nitrogens is 1. The summed E-state index contributed by atoms with van der Waals surface area (Å²) in [5.41, 5.74) is 2.39. The summed E-state index contributed by atoms with van der Waals surface area (Å²) in [6.07, 6.45) is 4.42. The van der Waals surface area contributed by atoms with Crippen molar-refractivity contribution in [3.8, 4) is 0 Å². The average Bonchev–Trinajstić information content (AvgIpc) is 3.01. The maximum Gasteiger partial charge on any atom is 0.261 e. The molecule has 2 fully saturated rings. The van der Waals surface area contributed by atoms with E-state index in [1.165, 1.54) is 6.42 Å². The number of nitrogens with zero attached hydrogens (tertiary/aromatic N) is 2. The van der Waals surface area contributed by atoms with Crippen LogP contribution in [0.4, 0.5) is 0 Å². The van der Waals surface area contributed by atoms with Gasteiger partial charge in [0.1, 0.15) is 0 Å². The van der Waals surface area contributed by atoms with Crippen molar-refractivity contribution in [2.75, 3.05) is 0 Å². The van der Waals surface area contributed by atoms with E-state index >= 15 is 0 Å². The predicted molar refractivity (Wildman–Crippen MR) is 107 cm³/mol. The summed E-state index contributed by atoms with van der Waals surface area (Å²) in [5.74, 6) is -0.00769. The molecule has 1 amide bonds. The van der Waals surface area contributed by atoms with Gasteiger partial charge in [0.15, 0.2) is 5.11 Å². The molecule has 130 valence electrons. The molecule has 0 radical (unpaired) electrons. The maximum absolute atomic E-state index is 13.7. The van der Waals surface area contributed by atoms with Crippen LogP contribution in [0, 0.1) is 0 Å². The van der Waals surface area contributed by atoms with E-state index in [9.17, 15) is 4.79 Å². The Morgan fingerprint density at radius 2 is 1.62 bits per heavy atom. The Hall–Kier alpha value is -2.53. The molecule has 0 unspecified atom stereocenters. The van der Waals surface area contributed by atoms with Crippen molar-refractivity contribution < 1.29 is 4.79 Å². The van der Waals surface area contributed by atoms with Gasteiger partial charge in [-0.1, -0.05) is 49.2 Å². The summed E-state index contributed by atoms with van der Waals surface area (Å²) < 4.78 is 0. The number of rotatable bonds is 1. The van der Waals surface area contributed by atoms with Gasteiger partial charge in [-0.3, -0.25) is 9.69 Å². The number of carbonyl (C=O) groups excluding carboxylic acids is 1. The van der Waals surface area contributed by atoms with Crippen molar-refractivity contribution in [1.29, 1.82) is 0 Å². The van der Waals surface area contributed by atoms with Crippen LogP contribution in [-0.2, 0) is 0 Å². The van der Waals surface area contributed by atoms with Crippen molar-refractivity contribution in [1.82, 2.24) is 15.2 Å². The minimum Gasteiger partial charge on any atom is -0.357 e. The minimum absolute atomic E-state index is 0.00769. The average molecular weight is 361 g/mol. The molecule has 1 aromatic heterocycles. The van der Waals surface area contributed by atoms with Gasteiger partial charge in [0, 0.05) is 16.8 Å². The zero-order chi connectivity index (χ0) is 17.7. The topological polar surface area (TPSA) is 45.2 Å². The molecular weight excluding hydrogens is 342 g/mol. The molecule has 1 aliphatic heterocycles. The first-order valence-corrected chi connectivity index (χ1v) is 9.56. The van der Waals surface area contributed by atoms with Crippen LogP contribution in [-0.4, -0.2) is 33.0 Å². The van der Waals surface area contributed by atoms with Crippen LogP contribution < -0.4 is 5.32 Å². The van der Waals surface area contributed by atoms with E-state index in [1.807, 2.05) is 53.4 Å². The van der Waals surface area contributed by atoms with Crippen molar-refractivity contribution in [2.45, 2.75) is 37.8 Å². The number of thiocarbonyl (C=S) groups is 1. The van der Waals surface area contributed by atoms with Crippen molar-refractivity contribution >= 4 is 45.0 Å². The first kappa shape index (κ1) is 15.7. The van der Waals surface area contributed by atoms with E-state index in [1.54, 1.807) is 0 Å². The number of para-hydroxylation sites is 2. The number of fused-ring (bicyclic) bond motifs is 3. The molecule has 2 heterocycles. The summed E-state index contributed by atoms with van der Waals surface area (Å²) in [4.78, 5) is 20.3. The fourth-order valence-corrected chi connectivity index (χ4v) is 4.77.